The van der Waals surface area contributed by atoms with Crippen LogP contribution >= 0.6 is 0 Å². The van der Waals surface area contributed by atoms with Crippen LogP contribution in [0.25, 0.3) is 0 Å². The standard InChI is InChI=1S/C23H29N5O2/c24-15-20-19-7-9-27(16-18-5-2-1-3-6-18)17-21(19)22(25-8-4-12-29)26-23(20)28-10-13-30-14-11-28/h1-3,5-6,29H,4,7-14,16-17H2,(H,25,26). The van der Waals surface area contributed by atoms with Crippen molar-refractivity contribution in [2.75, 3.05) is 56.2 Å². The summed E-state index contributed by atoms with van der Waals surface area (Å²) in [5.74, 6) is 1.61. The van der Waals surface area contributed by atoms with Crippen molar-refractivity contribution in [3.8, 4) is 6.07 Å². The largest absolute Gasteiger partial charge is 0.396 e. The summed E-state index contributed by atoms with van der Waals surface area (Å²) in [7, 11) is 0. The summed E-state index contributed by atoms with van der Waals surface area (Å²) in [6.07, 6.45) is 1.50. The van der Waals surface area contributed by atoms with Crippen molar-refractivity contribution in [3.63, 3.8) is 0 Å². The number of aromatic nitrogens is 1. The maximum atomic E-state index is 10.00. The Morgan fingerprint density at radius 1 is 1.13 bits per heavy atom. The van der Waals surface area contributed by atoms with Gasteiger partial charge in [0.15, 0.2) is 0 Å². The third-order valence-corrected chi connectivity index (χ3v) is 5.75. The summed E-state index contributed by atoms with van der Waals surface area (Å²) < 4.78 is 5.49. The van der Waals surface area contributed by atoms with Crippen LogP contribution < -0.4 is 10.2 Å². The fraction of sp³-hybridized carbons (Fsp3) is 0.478. The Balaban J connectivity index is 1.66. The number of fused-ring (bicyclic) bond motifs is 1. The number of pyridine rings is 1. The molecular formula is C23H29N5O2. The fourth-order valence-electron chi connectivity index (χ4n) is 4.21. The number of aliphatic hydroxyl groups excluding tert-OH is 1. The quantitative estimate of drug-likeness (QED) is 0.680. The van der Waals surface area contributed by atoms with Crippen molar-refractivity contribution in [2.45, 2.75) is 25.9 Å². The number of aliphatic hydroxyl groups is 1. The molecule has 1 aromatic heterocycles. The van der Waals surface area contributed by atoms with Crippen LogP contribution in [-0.4, -0.2) is 61.0 Å². The molecule has 0 spiro atoms. The lowest BCUT2D eigenvalue weighted by Gasteiger charge is -2.34. The molecule has 1 fully saturated rings. The smallest absolute Gasteiger partial charge is 0.149 e. The molecule has 0 saturated carbocycles. The number of hydrogen-bond acceptors (Lipinski definition) is 7. The Morgan fingerprint density at radius 3 is 2.67 bits per heavy atom. The topological polar surface area (TPSA) is 84.7 Å². The Hall–Kier alpha value is -2.66. The molecule has 2 aromatic rings. The first-order chi connectivity index (χ1) is 14.8. The molecule has 2 aliphatic heterocycles. The minimum atomic E-state index is 0.141. The molecule has 2 N–H and O–H groups in total. The van der Waals surface area contributed by atoms with E-state index in [0.717, 1.165) is 61.9 Å². The second kappa shape index (κ2) is 9.90. The zero-order chi connectivity index (χ0) is 20.8. The maximum absolute atomic E-state index is 10.00. The molecule has 30 heavy (non-hydrogen) atoms. The second-order valence-corrected chi connectivity index (χ2v) is 7.78. The van der Waals surface area contributed by atoms with Crippen LogP contribution in [0.5, 0.6) is 0 Å². The number of benzene rings is 1. The third kappa shape index (κ3) is 4.57. The number of morpholine rings is 1. The van der Waals surface area contributed by atoms with Crippen LogP contribution in [0, 0.1) is 11.3 Å². The average Bonchev–Trinajstić information content (AvgIpc) is 2.80. The van der Waals surface area contributed by atoms with Crippen LogP contribution in [0.1, 0.15) is 28.7 Å². The van der Waals surface area contributed by atoms with Gasteiger partial charge in [0.25, 0.3) is 0 Å². The van der Waals surface area contributed by atoms with Gasteiger partial charge in [-0.1, -0.05) is 30.3 Å². The van der Waals surface area contributed by atoms with E-state index < -0.39 is 0 Å². The molecule has 4 rings (SSSR count). The molecule has 0 radical (unpaired) electrons. The Kier molecular flexibility index (Phi) is 6.80. The van der Waals surface area contributed by atoms with Crippen LogP contribution in [0.2, 0.25) is 0 Å². The molecule has 158 valence electrons. The van der Waals surface area contributed by atoms with Crippen molar-refractivity contribution in [2.24, 2.45) is 0 Å². The number of nitrogens with one attached hydrogen (secondary N) is 1. The highest BCUT2D eigenvalue weighted by atomic mass is 16.5. The van der Waals surface area contributed by atoms with E-state index >= 15 is 0 Å². The molecule has 2 aliphatic rings. The molecule has 0 aliphatic carbocycles. The summed E-state index contributed by atoms with van der Waals surface area (Å²) in [5, 5.41) is 22.6. The van der Waals surface area contributed by atoms with E-state index in [0.29, 0.717) is 31.7 Å². The van der Waals surface area contributed by atoms with Gasteiger partial charge in [-0.2, -0.15) is 5.26 Å². The summed E-state index contributed by atoms with van der Waals surface area (Å²) in [5.41, 5.74) is 4.22. The number of nitrogens with zero attached hydrogens (tertiary/aromatic N) is 4. The summed E-state index contributed by atoms with van der Waals surface area (Å²) in [6, 6.07) is 12.9. The minimum Gasteiger partial charge on any atom is -0.396 e. The van der Waals surface area contributed by atoms with Gasteiger partial charge in [0.2, 0.25) is 0 Å². The van der Waals surface area contributed by atoms with Gasteiger partial charge in [-0.05, 0) is 24.0 Å². The fourth-order valence-corrected chi connectivity index (χ4v) is 4.21. The lowest BCUT2D eigenvalue weighted by atomic mass is 9.95. The maximum Gasteiger partial charge on any atom is 0.149 e. The van der Waals surface area contributed by atoms with Crippen molar-refractivity contribution < 1.29 is 9.84 Å². The van der Waals surface area contributed by atoms with Crippen LogP contribution in [0.4, 0.5) is 11.6 Å². The first-order valence-corrected chi connectivity index (χ1v) is 10.7. The van der Waals surface area contributed by atoms with E-state index in [9.17, 15) is 10.4 Å². The van der Waals surface area contributed by atoms with Gasteiger partial charge < -0.3 is 20.1 Å². The molecule has 0 amide bonds. The molecule has 1 aromatic carbocycles. The first-order valence-electron chi connectivity index (χ1n) is 10.7. The van der Waals surface area contributed by atoms with Gasteiger partial charge in [0, 0.05) is 51.4 Å². The molecule has 1 saturated heterocycles. The van der Waals surface area contributed by atoms with Crippen molar-refractivity contribution in [1.29, 1.82) is 5.26 Å². The number of ether oxygens (including phenoxy) is 1. The number of anilines is 2. The molecule has 0 unspecified atom stereocenters. The van der Waals surface area contributed by atoms with Crippen LogP contribution in [0.15, 0.2) is 30.3 Å². The van der Waals surface area contributed by atoms with E-state index in [1.54, 1.807) is 0 Å². The van der Waals surface area contributed by atoms with Gasteiger partial charge in [-0.15, -0.1) is 0 Å². The normalized spacial score (nSPS) is 16.7. The lowest BCUT2D eigenvalue weighted by Crippen LogP contribution is -2.38. The zero-order valence-corrected chi connectivity index (χ0v) is 17.3. The predicted molar refractivity (Wildman–Crippen MR) is 116 cm³/mol. The number of hydrogen-bond donors (Lipinski definition) is 2. The lowest BCUT2D eigenvalue weighted by molar-refractivity contribution is 0.122. The summed E-state index contributed by atoms with van der Waals surface area (Å²) in [4.78, 5) is 9.49. The first kappa shape index (κ1) is 20.6. The van der Waals surface area contributed by atoms with E-state index in [-0.39, 0.29) is 6.61 Å². The number of nitriles is 1. The van der Waals surface area contributed by atoms with E-state index in [1.807, 2.05) is 6.07 Å². The minimum absolute atomic E-state index is 0.141. The second-order valence-electron chi connectivity index (χ2n) is 7.78. The molecule has 7 heteroatoms. The van der Waals surface area contributed by atoms with Gasteiger partial charge in [-0.3, -0.25) is 4.90 Å². The van der Waals surface area contributed by atoms with E-state index in [2.05, 4.69) is 45.5 Å². The Bertz CT molecular complexity index is 891. The summed E-state index contributed by atoms with van der Waals surface area (Å²) >= 11 is 0. The highest BCUT2D eigenvalue weighted by Gasteiger charge is 2.28. The zero-order valence-electron chi connectivity index (χ0n) is 17.3. The average molecular weight is 408 g/mol. The van der Waals surface area contributed by atoms with Crippen LogP contribution in [0.3, 0.4) is 0 Å². The van der Waals surface area contributed by atoms with E-state index in [4.69, 9.17) is 9.72 Å². The van der Waals surface area contributed by atoms with Gasteiger partial charge in [0.1, 0.15) is 17.7 Å². The number of rotatable bonds is 7. The van der Waals surface area contributed by atoms with Gasteiger partial charge >= 0.3 is 0 Å². The Morgan fingerprint density at radius 2 is 1.93 bits per heavy atom. The Labute approximate surface area is 177 Å². The SMILES string of the molecule is N#Cc1c(N2CCOCC2)nc(NCCCO)c2c1CCN(Cc1ccccc1)C2. The molecule has 0 bridgehead atoms. The van der Waals surface area contributed by atoms with Crippen molar-refractivity contribution >= 4 is 11.6 Å². The molecule has 3 heterocycles. The molecule has 0 atom stereocenters. The van der Waals surface area contributed by atoms with Gasteiger partial charge in [-0.25, -0.2) is 4.98 Å². The van der Waals surface area contributed by atoms with E-state index in [1.165, 1.54) is 5.56 Å². The highest BCUT2D eigenvalue weighted by molar-refractivity contribution is 5.67. The van der Waals surface area contributed by atoms with Crippen molar-refractivity contribution in [3.05, 3.63) is 52.6 Å². The molecule has 7 nitrogen and oxygen atoms in total. The van der Waals surface area contributed by atoms with Crippen LogP contribution in [-0.2, 0) is 24.2 Å². The third-order valence-electron chi connectivity index (χ3n) is 5.75. The monoisotopic (exact) mass is 407 g/mol. The molecular weight excluding hydrogens is 378 g/mol. The predicted octanol–water partition coefficient (Wildman–Crippen LogP) is 2.14. The highest BCUT2D eigenvalue weighted by Crippen LogP contribution is 2.34. The summed E-state index contributed by atoms with van der Waals surface area (Å²) in [6.45, 7) is 6.15. The van der Waals surface area contributed by atoms with Gasteiger partial charge in [0.05, 0.1) is 18.8 Å². The van der Waals surface area contributed by atoms with Crippen molar-refractivity contribution in [1.82, 2.24) is 9.88 Å².